The van der Waals surface area contributed by atoms with Crippen molar-refractivity contribution in [3.63, 3.8) is 0 Å². The lowest BCUT2D eigenvalue weighted by atomic mass is 9.99. The maximum atomic E-state index is 12.7. The number of hydrogen-bond acceptors (Lipinski definition) is 13. The van der Waals surface area contributed by atoms with E-state index in [9.17, 15) is 8.42 Å². The van der Waals surface area contributed by atoms with Crippen molar-refractivity contribution >= 4 is 55.6 Å². The third kappa shape index (κ3) is 7.43. The van der Waals surface area contributed by atoms with E-state index in [1.54, 1.807) is 31.6 Å². The van der Waals surface area contributed by atoms with E-state index >= 15 is 0 Å². The molecular formula is C34H46N10O4S. The number of sulfonamides is 1. The van der Waals surface area contributed by atoms with Gasteiger partial charge in [-0.1, -0.05) is 6.92 Å². The molecule has 6 rings (SSSR count). The Morgan fingerprint density at radius 2 is 1.63 bits per heavy atom. The number of rotatable bonds is 11. The molecule has 262 valence electrons. The second-order valence-corrected chi connectivity index (χ2v) is 14.6. The fourth-order valence-electron chi connectivity index (χ4n) is 6.64. The van der Waals surface area contributed by atoms with E-state index in [4.69, 9.17) is 14.5 Å². The van der Waals surface area contributed by atoms with Gasteiger partial charge in [0.1, 0.15) is 17.0 Å². The molecule has 0 atom stereocenters. The van der Waals surface area contributed by atoms with Crippen LogP contribution < -0.4 is 29.3 Å². The number of nitrogens with zero attached hydrogens (tertiary/aromatic N) is 8. The zero-order valence-corrected chi connectivity index (χ0v) is 29.9. The van der Waals surface area contributed by atoms with Crippen molar-refractivity contribution < 1.29 is 17.9 Å². The van der Waals surface area contributed by atoms with Crippen LogP contribution in [0.5, 0.6) is 11.5 Å². The zero-order valence-electron chi connectivity index (χ0n) is 29.1. The quantitative estimate of drug-likeness (QED) is 0.234. The van der Waals surface area contributed by atoms with Crippen molar-refractivity contribution in [3.05, 3.63) is 48.4 Å². The highest BCUT2D eigenvalue weighted by atomic mass is 32.2. The van der Waals surface area contributed by atoms with E-state index in [-0.39, 0.29) is 0 Å². The van der Waals surface area contributed by atoms with Crippen LogP contribution >= 0.6 is 0 Å². The Bertz CT molecular complexity index is 1890. The van der Waals surface area contributed by atoms with Crippen molar-refractivity contribution in [1.29, 1.82) is 0 Å². The van der Waals surface area contributed by atoms with Crippen LogP contribution in [-0.2, 0) is 16.4 Å². The molecular weight excluding hydrogens is 645 g/mol. The number of fused-ring (bicyclic) bond motifs is 1. The lowest BCUT2D eigenvalue weighted by Gasteiger charge is -2.43. The molecule has 2 aromatic carbocycles. The minimum Gasteiger partial charge on any atom is -0.494 e. The van der Waals surface area contributed by atoms with Crippen LogP contribution in [0.1, 0.15) is 25.3 Å². The predicted octanol–water partition coefficient (Wildman–Crippen LogP) is 4.10. The molecule has 2 saturated heterocycles. The second-order valence-electron chi connectivity index (χ2n) is 12.6. The fraction of sp³-hybridized carbons (Fsp3) is 0.471. The number of nitrogens with one attached hydrogen (secondary N) is 2. The first-order valence-electron chi connectivity index (χ1n) is 16.6. The first-order chi connectivity index (χ1) is 23.6. The van der Waals surface area contributed by atoms with Gasteiger partial charge in [0.25, 0.3) is 0 Å². The lowest BCUT2D eigenvalue weighted by Crippen LogP contribution is -2.52. The van der Waals surface area contributed by atoms with Crippen molar-refractivity contribution in [2.24, 2.45) is 0 Å². The van der Waals surface area contributed by atoms with E-state index in [2.05, 4.69) is 66.4 Å². The van der Waals surface area contributed by atoms with Crippen LogP contribution in [0.25, 0.3) is 11.0 Å². The Morgan fingerprint density at radius 1 is 0.918 bits per heavy atom. The standard InChI is InChI=1S/C34H46N10O4S/c1-7-23-20-27(29(47-4)21-28(23)44-14-10-24(11-15-44)43-18-16-41(2)17-19-43)39-34-37-22-30(48-5)33(40-34)38-26-9-8-25-31(36-13-12-35-25)32(26)42(3)49(6,45)46/h8-9,12-13,20-22,24H,7,10-11,14-19H2,1-6H3,(H2,37,38,39,40). The number of aryl methyl sites for hydroxylation is 1. The Morgan fingerprint density at radius 3 is 2.31 bits per heavy atom. The van der Waals surface area contributed by atoms with Gasteiger partial charge in [-0.15, -0.1) is 0 Å². The van der Waals surface area contributed by atoms with Crippen molar-refractivity contribution in [2.45, 2.75) is 32.2 Å². The first kappa shape index (κ1) is 34.4. The van der Waals surface area contributed by atoms with Gasteiger partial charge in [-0.2, -0.15) is 4.98 Å². The summed E-state index contributed by atoms with van der Waals surface area (Å²) in [6, 6.07) is 8.38. The van der Waals surface area contributed by atoms with Gasteiger partial charge in [-0.25, -0.2) is 13.4 Å². The monoisotopic (exact) mass is 690 g/mol. The topological polar surface area (TPSA) is 141 Å². The van der Waals surface area contributed by atoms with Crippen LogP contribution in [0, 0.1) is 0 Å². The fourth-order valence-corrected chi connectivity index (χ4v) is 7.16. The minimum atomic E-state index is -3.63. The Labute approximate surface area is 288 Å². The van der Waals surface area contributed by atoms with Crippen LogP contribution in [0.3, 0.4) is 0 Å². The molecule has 0 spiro atoms. The summed E-state index contributed by atoms with van der Waals surface area (Å²) < 4.78 is 38.0. The number of methoxy groups -OCH3 is 2. The summed E-state index contributed by atoms with van der Waals surface area (Å²) in [5, 5.41) is 6.61. The maximum Gasteiger partial charge on any atom is 0.232 e. The summed E-state index contributed by atoms with van der Waals surface area (Å²) >= 11 is 0. The highest BCUT2D eigenvalue weighted by molar-refractivity contribution is 7.92. The summed E-state index contributed by atoms with van der Waals surface area (Å²) in [6.07, 6.45) is 8.94. The predicted molar refractivity (Wildman–Crippen MR) is 195 cm³/mol. The molecule has 49 heavy (non-hydrogen) atoms. The number of aromatic nitrogens is 4. The number of anilines is 6. The molecule has 2 aromatic heterocycles. The number of benzene rings is 2. The molecule has 0 unspecified atom stereocenters. The van der Waals surface area contributed by atoms with Gasteiger partial charge in [-0.05, 0) is 50.1 Å². The smallest absolute Gasteiger partial charge is 0.232 e. The molecule has 14 nitrogen and oxygen atoms in total. The second kappa shape index (κ2) is 14.6. The molecule has 2 fully saturated rings. The van der Waals surface area contributed by atoms with Gasteiger partial charge in [0, 0.05) is 76.5 Å². The zero-order chi connectivity index (χ0) is 34.7. The van der Waals surface area contributed by atoms with Crippen molar-refractivity contribution in [3.8, 4) is 11.5 Å². The highest BCUT2D eigenvalue weighted by Crippen LogP contribution is 2.39. The maximum absolute atomic E-state index is 12.7. The van der Waals surface area contributed by atoms with Crippen LogP contribution in [0.15, 0.2) is 42.9 Å². The molecule has 0 saturated carbocycles. The molecule has 0 radical (unpaired) electrons. The van der Waals surface area contributed by atoms with E-state index in [0.717, 1.165) is 70.5 Å². The Hall–Kier alpha value is -4.47. The SMILES string of the molecule is CCc1cc(Nc2ncc(OC)c(Nc3ccc4nccnc4c3N(C)S(C)(=O)=O)n2)c(OC)cc1N1CCC(N2CCN(C)CC2)CC1. The van der Waals surface area contributed by atoms with Gasteiger partial charge in [0.05, 0.1) is 43.6 Å². The largest absolute Gasteiger partial charge is 0.494 e. The molecule has 15 heteroatoms. The van der Waals surface area contributed by atoms with Crippen LogP contribution in [0.4, 0.5) is 34.5 Å². The summed E-state index contributed by atoms with van der Waals surface area (Å²) in [5.41, 5.74) is 4.91. The minimum absolute atomic E-state index is 0.308. The Balaban J connectivity index is 1.26. The van der Waals surface area contributed by atoms with Gasteiger partial charge in [-0.3, -0.25) is 19.2 Å². The normalized spacial score (nSPS) is 16.5. The van der Waals surface area contributed by atoms with Crippen molar-refractivity contribution in [1.82, 2.24) is 29.7 Å². The third-order valence-electron chi connectivity index (χ3n) is 9.54. The highest BCUT2D eigenvalue weighted by Gasteiger charge is 2.28. The lowest BCUT2D eigenvalue weighted by molar-refractivity contribution is 0.0982. The summed E-state index contributed by atoms with van der Waals surface area (Å²) in [7, 11) is 3.24. The number of ether oxygens (including phenoxy) is 2. The van der Waals surface area contributed by atoms with Crippen LogP contribution in [-0.4, -0.2) is 118 Å². The molecule has 4 heterocycles. The molecule has 0 bridgehead atoms. The van der Waals surface area contributed by atoms with E-state index in [1.807, 2.05) is 0 Å². The average molecular weight is 691 g/mol. The molecule has 2 N–H and O–H groups in total. The first-order valence-corrected chi connectivity index (χ1v) is 18.5. The molecule has 0 aliphatic carbocycles. The van der Waals surface area contributed by atoms with Crippen LogP contribution in [0.2, 0.25) is 0 Å². The number of likely N-dealkylation sites (N-methyl/N-ethyl adjacent to an activating group) is 1. The van der Waals surface area contributed by atoms with Gasteiger partial charge < -0.3 is 29.9 Å². The molecule has 4 aromatic rings. The summed E-state index contributed by atoms with van der Waals surface area (Å²) in [6.45, 7) is 8.76. The van der Waals surface area contributed by atoms with E-state index < -0.39 is 10.0 Å². The van der Waals surface area contributed by atoms with Gasteiger partial charge in [0.2, 0.25) is 16.0 Å². The Kier molecular flexibility index (Phi) is 10.2. The average Bonchev–Trinajstić information content (AvgIpc) is 3.11. The summed E-state index contributed by atoms with van der Waals surface area (Å²) in [5.74, 6) is 1.70. The van der Waals surface area contributed by atoms with E-state index in [1.165, 1.54) is 35.9 Å². The number of hydrogen-bond donors (Lipinski definition) is 2. The molecule has 0 amide bonds. The molecule has 2 aliphatic rings. The number of piperidine rings is 1. The van der Waals surface area contributed by atoms with Gasteiger partial charge >= 0.3 is 0 Å². The van der Waals surface area contributed by atoms with E-state index in [0.29, 0.717) is 51.7 Å². The molecule has 2 aliphatic heterocycles. The van der Waals surface area contributed by atoms with Crippen molar-refractivity contribution in [2.75, 3.05) is 93.7 Å². The number of piperazine rings is 1. The van der Waals surface area contributed by atoms with Gasteiger partial charge in [0.15, 0.2) is 11.6 Å². The summed E-state index contributed by atoms with van der Waals surface area (Å²) in [4.78, 5) is 25.6. The third-order valence-corrected chi connectivity index (χ3v) is 10.7.